The van der Waals surface area contributed by atoms with Gasteiger partial charge in [0.25, 0.3) is 5.91 Å². The molecule has 2 aromatic heterocycles. The molecule has 0 unspecified atom stereocenters. The van der Waals surface area contributed by atoms with Gasteiger partial charge in [0.1, 0.15) is 23.2 Å². The molecule has 1 aromatic carbocycles. The van der Waals surface area contributed by atoms with Gasteiger partial charge in [0.15, 0.2) is 5.82 Å². The molecule has 2 N–H and O–H groups in total. The number of benzene rings is 1. The first-order valence-corrected chi connectivity index (χ1v) is 10.3. The molecule has 2 amide bonds. The molecule has 1 saturated heterocycles. The van der Waals surface area contributed by atoms with Gasteiger partial charge < -0.3 is 15.5 Å². The quantitative estimate of drug-likeness (QED) is 0.439. The fraction of sp³-hybridized carbons (Fsp3) is 0.304. The molecule has 3 heterocycles. The van der Waals surface area contributed by atoms with Crippen molar-refractivity contribution in [2.24, 2.45) is 0 Å². The molecule has 1 aliphatic heterocycles. The van der Waals surface area contributed by atoms with Crippen molar-refractivity contribution in [3.63, 3.8) is 0 Å². The number of aromatic nitrogens is 3. The smallest absolute Gasteiger partial charge is 0.382 e. The number of hydrogen-bond donors (Lipinski definition) is 1. The molecular formula is C23H22F4N6O2. The lowest BCUT2D eigenvalue weighted by Crippen LogP contribution is -2.64. The summed E-state index contributed by atoms with van der Waals surface area (Å²) in [6, 6.07) is 4.50. The summed E-state index contributed by atoms with van der Waals surface area (Å²) in [7, 11) is 0. The number of amides is 2. The predicted molar refractivity (Wildman–Crippen MR) is 122 cm³/mol. The summed E-state index contributed by atoms with van der Waals surface area (Å²) in [5.41, 5.74) is 3.09. The van der Waals surface area contributed by atoms with Crippen LogP contribution >= 0.6 is 0 Å². The minimum Gasteiger partial charge on any atom is -0.382 e. The first-order chi connectivity index (χ1) is 16.3. The Balaban J connectivity index is 0.00000167. The van der Waals surface area contributed by atoms with Crippen molar-refractivity contribution in [2.75, 3.05) is 23.7 Å². The lowest BCUT2D eigenvalue weighted by molar-refractivity contribution is -0.145. The van der Waals surface area contributed by atoms with Crippen LogP contribution in [0.5, 0.6) is 0 Å². The van der Waals surface area contributed by atoms with Gasteiger partial charge in [-0.1, -0.05) is 0 Å². The van der Waals surface area contributed by atoms with E-state index in [4.69, 9.17) is 5.73 Å². The Kier molecular flexibility index (Phi) is 6.48. The molecule has 0 radical (unpaired) electrons. The second-order valence-electron chi connectivity index (χ2n) is 8.20. The number of hydrogen-bond acceptors (Lipinski definition) is 5. The van der Waals surface area contributed by atoms with Crippen LogP contribution in [0, 0.1) is 18.7 Å². The largest absolute Gasteiger partial charge is 0.418 e. The van der Waals surface area contributed by atoms with Crippen LogP contribution in [0.1, 0.15) is 26.3 Å². The maximum absolute atomic E-state index is 14.8. The molecule has 184 valence electrons. The highest BCUT2D eigenvalue weighted by Crippen LogP contribution is 2.40. The molecular weight excluding hydrogens is 468 g/mol. The summed E-state index contributed by atoms with van der Waals surface area (Å²) in [5, 5.41) is 3.89. The van der Waals surface area contributed by atoms with E-state index in [2.05, 4.69) is 22.9 Å². The van der Waals surface area contributed by atoms with Crippen molar-refractivity contribution in [2.45, 2.75) is 32.5 Å². The number of anilines is 2. The Bertz CT molecular complexity index is 1330. The highest BCUT2D eigenvalue weighted by atomic mass is 19.4. The molecule has 0 aliphatic carbocycles. The van der Waals surface area contributed by atoms with Crippen molar-refractivity contribution < 1.29 is 27.2 Å². The van der Waals surface area contributed by atoms with E-state index in [1.54, 1.807) is 13.8 Å². The number of terminal acetylenes is 1. The minimum atomic E-state index is -4.73. The lowest BCUT2D eigenvalue weighted by atomic mass is 9.96. The Morgan fingerprint density at radius 2 is 1.83 bits per heavy atom. The SMILES string of the molecule is C#C.CC(=O)N1CCN(c2cc(-c3cc(C(F)(F)F)c4c(N)ncnn34)ccc2F)C(=O)C1(C)C. The van der Waals surface area contributed by atoms with Crippen LogP contribution in [-0.2, 0) is 15.8 Å². The average molecular weight is 490 g/mol. The van der Waals surface area contributed by atoms with Crippen LogP contribution in [-0.4, -0.2) is 49.9 Å². The predicted octanol–water partition coefficient (Wildman–Crippen LogP) is 3.36. The molecule has 35 heavy (non-hydrogen) atoms. The third-order valence-electron chi connectivity index (χ3n) is 5.79. The number of fused-ring (bicyclic) bond motifs is 1. The molecule has 0 atom stereocenters. The van der Waals surface area contributed by atoms with Crippen molar-refractivity contribution >= 4 is 28.8 Å². The van der Waals surface area contributed by atoms with Gasteiger partial charge in [-0.2, -0.15) is 18.3 Å². The van der Waals surface area contributed by atoms with Gasteiger partial charge >= 0.3 is 6.18 Å². The molecule has 0 saturated carbocycles. The van der Waals surface area contributed by atoms with E-state index in [1.165, 1.54) is 28.9 Å². The van der Waals surface area contributed by atoms with E-state index < -0.39 is 34.5 Å². The molecule has 1 aliphatic rings. The molecule has 12 heteroatoms. The van der Waals surface area contributed by atoms with E-state index in [0.29, 0.717) is 0 Å². The molecule has 4 rings (SSSR count). The number of nitrogen functional groups attached to an aromatic ring is 1. The summed E-state index contributed by atoms with van der Waals surface area (Å²) in [6.07, 6.45) is 4.29. The van der Waals surface area contributed by atoms with E-state index in [-0.39, 0.29) is 41.8 Å². The van der Waals surface area contributed by atoms with Gasteiger partial charge in [0, 0.05) is 25.6 Å². The number of carbonyl (C=O) groups is 2. The molecule has 0 spiro atoms. The first kappa shape index (κ1) is 25.5. The standard InChI is InChI=1S/C21H20F4N6O2.C2H2/c1-11(32)30-7-6-29(19(33)20(30,2)3)16-8-12(4-5-14(16)22)15-9-13(21(23,24)25)17-18(26)27-10-28-31(15)17;1-2/h4-5,8-10H,6-7H2,1-3H3,(H2,26,27,28);1-2H. The second kappa shape index (κ2) is 8.90. The lowest BCUT2D eigenvalue weighted by Gasteiger charge is -2.45. The van der Waals surface area contributed by atoms with Gasteiger partial charge in [0.2, 0.25) is 5.91 Å². The zero-order valence-corrected chi connectivity index (χ0v) is 19.1. The van der Waals surface area contributed by atoms with Gasteiger partial charge in [-0.15, -0.1) is 12.8 Å². The van der Waals surface area contributed by atoms with Gasteiger partial charge in [-0.3, -0.25) is 9.59 Å². The van der Waals surface area contributed by atoms with E-state index >= 15 is 0 Å². The second-order valence-corrected chi connectivity index (χ2v) is 8.20. The summed E-state index contributed by atoms with van der Waals surface area (Å²) in [5.74, 6) is -1.89. The number of nitrogens with zero attached hydrogens (tertiary/aromatic N) is 5. The average Bonchev–Trinajstić information content (AvgIpc) is 3.19. The maximum Gasteiger partial charge on any atom is 0.418 e. The van der Waals surface area contributed by atoms with E-state index in [9.17, 15) is 27.2 Å². The van der Waals surface area contributed by atoms with Crippen molar-refractivity contribution in [3.8, 4) is 24.1 Å². The monoisotopic (exact) mass is 490 g/mol. The zero-order valence-electron chi connectivity index (χ0n) is 19.1. The van der Waals surface area contributed by atoms with Crippen LogP contribution in [0.3, 0.4) is 0 Å². The van der Waals surface area contributed by atoms with Crippen LogP contribution in [0.4, 0.5) is 29.1 Å². The van der Waals surface area contributed by atoms with Crippen molar-refractivity contribution in [1.29, 1.82) is 0 Å². The molecule has 3 aromatic rings. The van der Waals surface area contributed by atoms with Crippen LogP contribution < -0.4 is 10.6 Å². The van der Waals surface area contributed by atoms with Crippen LogP contribution in [0.25, 0.3) is 16.8 Å². The number of alkyl halides is 3. The molecule has 8 nitrogen and oxygen atoms in total. The van der Waals surface area contributed by atoms with Crippen LogP contribution in [0.2, 0.25) is 0 Å². The fourth-order valence-electron chi connectivity index (χ4n) is 4.18. The van der Waals surface area contributed by atoms with E-state index in [1.807, 2.05) is 0 Å². The third-order valence-corrected chi connectivity index (χ3v) is 5.79. The number of piperazine rings is 1. The van der Waals surface area contributed by atoms with Gasteiger partial charge in [-0.05, 0) is 38.1 Å². The highest BCUT2D eigenvalue weighted by molar-refractivity contribution is 6.03. The summed E-state index contributed by atoms with van der Waals surface area (Å²) < 4.78 is 56.7. The molecule has 1 fully saturated rings. The van der Waals surface area contributed by atoms with Gasteiger partial charge in [-0.25, -0.2) is 13.9 Å². The van der Waals surface area contributed by atoms with Crippen LogP contribution in [0.15, 0.2) is 30.6 Å². The maximum atomic E-state index is 14.8. The highest BCUT2D eigenvalue weighted by Gasteiger charge is 2.44. The summed E-state index contributed by atoms with van der Waals surface area (Å²) in [6.45, 7) is 4.66. The minimum absolute atomic E-state index is 0.00163. The van der Waals surface area contributed by atoms with Crippen molar-refractivity contribution in [3.05, 3.63) is 42.0 Å². The van der Waals surface area contributed by atoms with Crippen molar-refractivity contribution in [1.82, 2.24) is 19.5 Å². The van der Waals surface area contributed by atoms with Gasteiger partial charge in [0.05, 0.1) is 16.9 Å². The number of carbonyl (C=O) groups excluding carboxylic acids is 2. The Hall–Kier alpha value is -4.14. The number of nitrogens with two attached hydrogens (primary N) is 1. The Labute approximate surface area is 198 Å². The zero-order chi connectivity index (χ0) is 26.3. The Morgan fingerprint density at radius 3 is 2.43 bits per heavy atom. The molecule has 0 bridgehead atoms. The summed E-state index contributed by atoms with van der Waals surface area (Å²) in [4.78, 5) is 31.3. The third kappa shape index (κ3) is 4.25. The summed E-state index contributed by atoms with van der Waals surface area (Å²) >= 11 is 0. The topological polar surface area (TPSA) is 96.8 Å². The normalized spacial score (nSPS) is 15.6. The number of halogens is 4. The number of rotatable bonds is 2. The fourth-order valence-corrected chi connectivity index (χ4v) is 4.18. The Morgan fingerprint density at radius 1 is 1.17 bits per heavy atom. The van der Waals surface area contributed by atoms with E-state index in [0.717, 1.165) is 23.0 Å². The first-order valence-electron chi connectivity index (χ1n) is 10.3.